The van der Waals surface area contributed by atoms with Crippen molar-refractivity contribution in [3.05, 3.63) is 30.3 Å². The molecular formula is C12H16Cl2O2Se. The molecule has 17 heavy (non-hydrogen) atoms. The molecule has 1 unspecified atom stereocenters. The number of hydrogen-bond donors (Lipinski definition) is 0. The predicted molar refractivity (Wildman–Crippen MR) is 74.2 cm³/mol. The first kappa shape index (κ1) is 14.8. The minimum atomic E-state index is -3.04. The summed E-state index contributed by atoms with van der Waals surface area (Å²) in [7, 11) is 13.0. The first-order chi connectivity index (χ1) is 8.04. The Kier molecular flexibility index (Phi) is 5.81. The van der Waals surface area contributed by atoms with Gasteiger partial charge in [0.2, 0.25) is 0 Å². The van der Waals surface area contributed by atoms with Gasteiger partial charge in [-0.2, -0.15) is 0 Å². The summed E-state index contributed by atoms with van der Waals surface area (Å²) in [6, 6.07) is 9.41. The van der Waals surface area contributed by atoms with Crippen LogP contribution in [0.4, 0.5) is 0 Å². The van der Waals surface area contributed by atoms with Crippen LogP contribution >= 0.6 is 20.2 Å². The van der Waals surface area contributed by atoms with Crippen LogP contribution in [0.15, 0.2) is 30.3 Å². The van der Waals surface area contributed by atoms with Crippen LogP contribution in [0.2, 0.25) is 4.82 Å². The number of halogens is 2. The molecule has 0 aromatic heterocycles. The molecule has 0 heterocycles. The van der Waals surface area contributed by atoms with Crippen LogP contribution in [-0.4, -0.2) is 23.6 Å². The van der Waals surface area contributed by atoms with Crippen LogP contribution < -0.4 is 4.46 Å². The fourth-order valence-corrected chi connectivity index (χ4v) is 7.94. The quantitative estimate of drug-likeness (QED) is 0.607. The number of ether oxygens (including phenoxy) is 1. The molecule has 0 aliphatic rings. The number of carbonyl (C=O) groups is 1. The molecule has 0 radical (unpaired) electrons. The van der Waals surface area contributed by atoms with Crippen molar-refractivity contribution in [1.29, 1.82) is 0 Å². The zero-order chi connectivity index (χ0) is 12.9. The van der Waals surface area contributed by atoms with E-state index >= 15 is 0 Å². The van der Waals surface area contributed by atoms with E-state index in [0.29, 0.717) is 13.0 Å². The molecule has 0 N–H and O–H groups in total. The molecule has 0 bridgehead atoms. The van der Waals surface area contributed by atoms with Gasteiger partial charge >= 0.3 is 113 Å². The van der Waals surface area contributed by atoms with Crippen LogP contribution in [-0.2, 0) is 9.53 Å². The summed E-state index contributed by atoms with van der Waals surface area (Å²) in [5.74, 6) is -0.288. The SMILES string of the molecule is CCOC(=O)C(CC)[Se](Cl)(Cl)c1ccccc1. The Morgan fingerprint density at radius 3 is 2.35 bits per heavy atom. The van der Waals surface area contributed by atoms with Gasteiger partial charge in [0.1, 0.15) is 0 Å². The molecule has 96 valence electrons. The molecule has 1 atom stereocenters. The number of carbonyl (C=O) groups excluding carboxylic acids is 1. The van der Waals surface area contributed by atoms with Crippen LogP contribution in [0.1, 0.15) is 20.3 Å². The fourth-order valence-electron chi connectivity index (χ4n) is 1.50. The van der Waals surface area contributed by atoms with Crippen molar-refractivity contribution in [2.75, 3.05) is 6.61 Å². The van der Waals surface area contributed by atoms with Gasteiger partial charge in [0.15, 0.2) is 0 Å². The van der Waals surface area contributed by atoms with Gasteiger partial charge in [0.25, 0.3) is 0 Å². The summed E-state index contributed by atoms with van der Waals surface area (Å²) in [6.45, 7) is 4.04. The first-order valence-corrected chi connectivity index (χ1v) is 11.8. The van der Waals surface area contributed by atoms with Crippen molar-refractivity contribution in [2.24, 2.45) is 0 Å². The standard InChI is InChI=1S/C12H16Cl2O2Se/c1-3-11(12(15)16-4-2)17(13,14)10-8-6-5-7-9-10/h5-9,11H,3-4H2,1-2H3. The Morgan fingerprint density at radius 1 is 1.29 bits per heavy atom. The molecule has 0 aliphatic carbocycles. The Bertz CT molecular complexity index is 368. The molecule has 0 spiro atoms. The van der Waals surface area contributed by atoms with Gasteiger partial charge in [0, 0.05) is 0 Å². The fraction of sp³-hybridized carbons (Fsp3) is 0.417. The van der Waals surface area contributed by atoms with Gasteiger partial charge in [0.05, 0.1) is 0 Å². The van der Waals surface area contributed by atoms with Crippen molar-refractivity contribution < 1.29 is 9.53 Å². The zero-order valence-corrected chi connectivity index (χ0v) is 13.1. The average molecular weight is 342 g/mol. The van der Waals surface area contributed by atoms with Crippen LogP contribution in [0.5, 0.6) is 0 Å². The maximum atomic E-state index is 11.8. The van der Waals surface area contributed by atoms with E-state index in [1.807, 2.05) is 37.3 Å². The van der Waals surface area contributed by atoms with Crippen molar-refractivity contribution in [1.82, 2.24) is 0 Å². The molecule has 0 saturated carbocycles. The summed E-state index contributed by atoms with van der Waals surface area (Å²) in [4.78, 5) is 11.4. The van der Waals surface area contributed by atoms with Crippen LogP contribution in [0.25, 0.3) is 0 Å². The second-order valence-corrected chi connectivity index (χ2v) is 13.7. The minimum absolute atomic E-state index is 0.288. The Hall–Kier alpha value is -0.211. The molecule has 5 heteroatoms. The van der Waals surface area contributed by atoms with E-state index in [2.05, 4.69) is 0 Å². The monoisotopic (exact) mass is 342 g/mol. The van der Waals surface area contributed by atoms with Crippen molar-refractivity contribution in [2.45, 2.75) is 25.1 Å². The van der Waals surface area contributed by atoms with Crippen molar-refractivity contribution in [3.8, 4) is 0 Å². The van der Waals surface area contributed by atoms with Gasteiger partial charge in [-0.3, -0.25) is 0 Å². The van der Waals surface area contributed by atoms with Crippen molar-refractivity contribution >= 4 is 41.6 Å². The molecule has 2 nitrogen and oxygen atoms in total. The van der Waals surface area contributed by atoms with Gasteiger partial charge < -0.3 is 0 Å². The average Bonchev–Trinajstić information content (AvgIpc) is 2.31. The molecule has 0 aliphatic heterocycles. The Balaban J connectivity index is 2.98. The number of benzene rings is 1. The van der Waals surface area contributed by atoms with Crippen LogP contribution in [0, 0.1) is 0 Å². The summed E-state index contributed by atoms with van der Waals surface area (Å²) in [5, 5.41) is 0. The van der Waals surface area contributed by atoms with E-state index < -0.39 is 15.8 Å². The van der Waals surface area contributed by atoms with E-state index in [9.17, 15) is 4.79 Å². The van der Waals surface area contributed by atoms with E-state index in [1.54, 1.807) is 6.92 Å². The second-order valence-electron chi connectivity index (χ2n) is 3.47. The van der Waals surface area contributed by atoms with E-state index in [0.717, 1.165) is 4.46 Å². The molecule has 1 rings (SSSR count). The molecule has 1 aromatic carbocycles. The predicted octanol–water partition coefficient (Wildman–Crippen LogP) is 3.16. The van der Waals surface area contributed by atoms with Gasteiger partial charge in [-0.25, -0.2) is 0 Å². The van der Waals surface area contributed by atoms with E-state index in [-0.39, 0.29) is 5.97 Å². The number of rotatable bonds is 5. The topological polar surface area (TPSA) is 26.3 Å². The summed E-state index contributed by atoms with van der Waals surface area (Å²) in [5.41, 5.74) is 0. The summed E-state index contributed by atoms with van der Waals surface area (Å²) < 4.78 is 5.90. The third kappa shape index (κ3) is 3.62. The first-order valence-electron chi connectivity index (χ1n) is 5.47. The third-order valence-corrected chi connectivity index (χ3v) is 10.9. The van der Waals surface area contributed by atoms with Crippen molar-refractivity contribution in [3.63, 3.8) is 0 Å². The third-order valence-electron chi connectivity index (χ3n) is 2.34. The summed E-state index contributed by atoms with van der Waals surface area (Å²) >= 11 is -3.04. The van der Waals surface area contributed by atoms with E-state index in [4.69, 9.17) is 24.9 Å². The molecule has 0 fully saturated rings. The zero-order valence-electron chi connectivity index (χ0n) is 9.86. The molecule has 1 aromatic rings. The van der Waals surface area contributed by atoms with Gasteiger partial charge in [-0.1, -0.05) is 0 Å². The van der Waals surface area contributed by atoms with Gasteiger partial charge in [-0.15, -0.1) is 0 Å². The van der Waals surface area contributed by atoms with Crippen LogP contribution in [0.3, 0.4) is 0 Å². The molecule has 0 amide bonds. The normalized spacial score (nSPS) is 14.1. The summed E-state index contributed by atoms with van der Waals surface area (Å²) in [6.07, 6.45) is 0.598. The van der Waals surface area contributed by atoms with Gasteiger partial charge in [-0.05, 0) is 0 Å². The Morgan fingerprint density at radius 2 is 1.88 bits per heavy atom. The second kappa shape index (κ2) is 6.65. The van der Waals surface area contributed by atoms with E-state index in [1.165, 1.54) is 0 Å². The maximum absolute atomic E-state index is 11.8. The number of esters is 1. The Labute approximate surface area is 113 Å². The molecule has 0 saturated heterocycles. The number of hydrogen-bond acceptors (Lipinski definition) is 2. The molecular weight excluding hydrogens is 326 g/mol.